The van der Waals surface area contributed by atoms with Crippen LogP contribution in [-0.2, 0) is 6.54 Å². The van der Waals surface area contributed by atoms with E-state index in [0.717, 1.165) is 25.9 Å². The molecule has 0 saturated heterocycles. The number of hydrogen-bond acceptors (Lipinski definition) is 1. The summed E-state index contributed by atoms with van der Waals surface area (Å²) in [5.74, 6) is 0. The molecule has 2 rings (SSSR count). The van der Waals surface area contributed by atoms with E-state index in [2.05, 4.69) is 41.8 Å². The highest BCUT2D eigenvalue weighted by Gasteiger charge is 2.03. The Kier molecular flexibility index (Phi) is 3.07. The maximum Gasteiger partial charge on any atom is 0.0482 e. The molecule has 2 heteroatoms. The van der Waals surface area contributed by atoms with Crippen LogP contribution in [0.1, 0.15) is 18.5 Å². The number of hydrogen-bond donors (Lipinski definition) is 1. The van der Waals surface area contributed by atoms with Crippen molar-refractivity contribution in [1.29, 1.82) is 0 Å². The van der Waals surface area contributed by atoms with Gasteiger partial charge in [0.15, 0.2) is 0 Å². The van der Waals surface area contributed by atoms with Crippen molar-refractivity contribution in [1.82, 2.24) is 4.57 Å². The molecule has 0 saturated carbocycles. The lowest BCUT2D eigenvalue weighted by Gasteiger charge is -2.07. The molecule has 1 heterocycles. The zero-order valence-electron chi connectivity index (χ0n) is 9.24. The molecule has 0 amide bonds. The topological polar surface area (TPSA) is 30.9 Å². The van der Waals surface area contributed by atoms with Crippen molar-refractivity contribution in [2.24, 2.45) is 5.73 Å². The van der Waals surface area contributed by atoms with E-state index in [4.69, 9.17) is 5.73 Å². The van der Waals surface area contributed by atoms with Gasteiger partial charge in [0.2, 0.25) is 0 Å². The summed E-state index contributed by atoms with van der Waals surface area (Å²) in [6.45, 7) is 4.04. The average molecular weight is 202 g/mol. The fourth-order valence-electron chi connectivity index (χ4n) is 2.06. The highest BCUT2D eigenvalue weighted by molar-refractivity contribution is 5.81. The lowest BCUT2D eigenvalue weighted by molar-refractivity contribution is 0.620. The van der Waals surface area contributed by atoms with Crippen LogP contribution in [0.3, 0.4) is 0 Å². The Morgan fingerprint density at radius 2 is 2.00 bits per heavy atom. The molecule has 0 bridgehead atoms. The van der Waals surface area contributed by atoms with E-state index in [1.165, 1.54) is 16.6 Å². The predicted octanol–water partition coefficient (Wildman–Crippen LogP) is 2.69. The van der Waals surface area contributed by atoms with Crippen molar-refractivity contribution in [3.63, 3.8) is 0 Å². The lowest BCUT2D eigenvalue weighted by atomic mass is 10.2. The molecule has 2 nitrogen and oxygen atoms in total. The second-order valence-corrected chi connectivity index (χ2v) is 3.99. The Labute approximate surface area is 90.7 Å². The summed E-state index contributed by atoms with van der Waals surface area (Å²) in [6, 6.07) is 10.8. The minimum atomic E-state index is 0.790. The van der Waals surface area contributed by atoms with Crippen LogP contribution in [0.2, 0.25) is 0 Å². The molecule has 2 aromatic rings. The summed E-state index contributed by atoms with van der Waals surface area (Å²) >= 11 is 0. The van der Waals surface area contributed by atoms with Gasteiger partial charge < -0.3 is 10.3 Å². The first-order valence-corrected chi connectivity index (χ1v) is 5.58. The standard InChI is InChI=1S/C13H18N2/c1-11-10-12-6-2-3-7-13(12)15(11)9-5-4-8-14/h2-3,6-7,10H,4-5,8-9,14H2,1H3. The number of rotatable bonds is 4. The Hall–Kier alpha value is -1.28. The van der Waals surface area contributed by atoms with Gasteiger partial charge in [-0.25, -0.2) is 0 Å². The number of aryl methyl sites for hydroxylation is 2. The van der Waals surface area contributed by atoms with E-state index >= 15 is 0 Å². The Balaban J connectivity index is 2.28. The minimum Gasteiger partial charge on any atom is -0.345 e. The van der Waals surface area contributed by atoms with E-state index in [9.17, 15) is 0 Å². The highest BCUT2D eigenvalue weighted by atomic mass is 15.0. The van der Waals surface area contributed by atoms with E-state index in [-0.39, 0.29) is 0 Å². The fraction of sp³-hybridized carbons (Fsp3) is 0.385. The summed E-state index contributed by atoms with van der Waals surface area (Å²) in [4.78, 5) is 0. The third kappa shape index (κ3) is 2.05. The van der Waals surface area contributed by atoms with Gasteiger partial charge in [0.25, 0.3) is 0 Å². The summed E-state index contributed by atoms with van der Waals surface area (Å²) in [5.41, 5.74) is 8.19. The van der Waals surface area contributed by atoms with Gasteiger partial charge >= 0.3 is 0 Å². The molecule has 2 N–H and O–H groups in total. The molecule has 80 valence electrons. The van der Waals surface area contributed by atoms with Crippen molar-refractivity contribution in [2.45, 2.75) is 26.3 Å². The molecule has 0 aliphatic carbocycles. The smallest absolute Gasteiger partial charge is 0.0482 e. The number of nitrogens with zero attached hydrogens (tertiary/aromatic N) is 1. The monoisotopic (exact) mass is 202 g/mol. The molecule has 15 heavy (non-hydrogen) atoms. The molecular weight excluding hydrogens is 184 g/mol. The van der Waals surface area contributed by atoms with Gasteiger partial charge in [-0.15, -0.1) is 0 Å². The Morgan fingerprint density at radius 1 is 1.20 bits per heavy atom. The number of unbranched alkanes of at least 4 members (excludes halogenated alkanes) is 1. The Morgan fingerprint density at radius 3 is 2.80 bits per heavy atom. The predicted molar refractivity (Wildman–Crippen MR) is 65.0 cm³/mol. The van der Waals surface area contributed by atoms with E-state index in [1.807, 2.05) is 0 Å². The summed E-state index contributed by atoms with van der Waals surface area (Å²) < 4.78 is 2.38. The molecule has 1 aromatic carbocycles. The second-order valence-electron chi connectivity index (χ2n) is 3.99. The van der Waals surface area contributed by atoms with Gasteiger partial charge in [0.05, 0.1) is 0 Å². The molecular formula is C13H18N2. The van der Waals surface area contributed by atoms with Crippen LogP contribution in [0.4, 0.5) is 0 Å². The van der Waals surface area contributed by atoms with E-state index in [1.54, 1.807) is 0 Å². The number of para-hydroxylation sites is 1. The third-order valence-corrected chi connectivity index (χ3v) is 2.85. The first-order chi connectivity index (χ1) is 7.33. The van der Waals surface area contributed by atoms with Gasteiger partial charge in [0, 0.05) is 17.8 Å². The normalized spacial score (nSPS) is 11.1. The zero-order chi connectivity index (χ0) is 10.7. The van der Waals surface area contributed by atoms with Crippen LogP contribution < -0.4 is 5.73 Å². The lowest BCUT2D eigenvalue weighted by Crippen LogP contribution is -2.04. The van der Waals surface area contributed by atoms with Crippen LogP contribution in [-0.4, -0.2) is 11.1 Å². The van der Waals surface area contributed by atoms with Crippen molar-refractivity contribution in [2.75, 3.05) is 6.54 Å². The van der Waals surface area contributed by atoms with Crippen molar-refractivity contribution in [3.8, 4) is 0 Å². The van der Waals surface area contributed by atoms with Crippen LogP contribution in [0, 0.1) is 6.92 Å². The summed E-state index contributed by atoms with van der Waals surface area (Å²) in [6.07, 6.45) is 2.27. The number of aromatic nitrogens is 1. The molecule has 0 aliphatic heterocycles. The largest absolute Gasteiger partial charge is 0.345 e. The number of fused-ring (bicyclic) bond motifs is 1. The van der Waals surface area contributed by atoms with Crippen LogP contribution in [0.5, 0.6) is 0 Å². The van der Waals surface area contributed by atoms with Gasteiger partial charge in [-0.2, -0.15) is 0 Å². The minimum absolute atomic E-state index is 0.790. The summed E-state index contributed by atoms with van der Waals surface area (Å²) in [7, 11) is 0. The molecule has 0 aliphatic rings. The average Bonchev–Trinajstić information content (AvgIpc) is 2.56. The van der Waals surface area contributed by atoms with Gasteiger partial charge in [-0.3, -0.25) is 0 Å². The van der Waals surface area contributed by atoms with Crippen molar-refractivity contribution >= 4 is 10.9 Å². The first kappa shape index (κ1) is 10.2. The van der Waals surface area contributed by atoms with E-state index < -0.39 is 0 Å². The maximum atomic E-state index is 5.51. The van der Waals surface area contributed by atoms with E-state index in [0.29, 0.717) is 0 Å². The molecule has 0 unspecified atom stereocenters. The molecule has 1 aromatic heterocycles. The quantitative estimate of drug-likeness (QED) is 0.759. The zero-order valence-corrected chi connectivity index (χ0v) is 9.24. The first-order valence-electron chi connectivity index (χ1n) is 5.58. The SMILES string of the molecule is Cc1cc2ccccc2n1CCCCN. The van der Waals surface area contributed by atoms with Crippen molar-refractivity contribution < 1.29 is 0 Å². The van der Waals surface area contributed by atoms with Gasteiger partial charge in [-0.05, 0) is 43.8 Å². The molecule has 0 fully saturated rings. The molecule has 0 radical (unpaired) electrons. The Bertz CT molecular complexity index is 443. The third-order valence-electron chi connectivity index (χ3n) is 2.85. The van der Waals surface area contributed by atoms with Crippen LogP contribution in [0.25, 0.3) is 10.9 Å². The molecule has 0 spiro atoms. The van der Waals surface area contributed by atoms with Gasteiger partial charge in [-0.1, -0.05) is 18.2 Å². The second kappa shape index (κ2) is 4.49. The summed E-state index contributed by atoms with van der Waals surface area (Å²) in [5, 5.41) is 1.34. The van der Waals surface area contributed by atoms with Crippen molar-refractivity contribution in [3.05, 3.63) is 36.0 Å². The van der Waals surface area contributed by atoms with Gasteiger partial charge in [0.1, 0.15) is 0 Å². The van der Waals surface area contributed by atoms with Crippen LogP contribution >= 0.6 is 0 Å². The number of benzene rings is 1. The highest BCUT2D eigenvalue weighted by Crippen LogP contribution is 2.19. The maximum absolute atomic E-state index is 5.51. The van der Waals surface area contributed by atoms with Crippen LogP contribution in [0.15, 0.2) is 30.3 Å². The fourth-order valence-corrected chi connectivity index (χ4v) is 2.06. The molecule has 0 atom stereocenters. The number of nitrogens with two attached hydrogens (primary N) is 1.